The van der Waals surface area contributed by atoms with Crippen molar-refractivity contribution < 1.29 is 9.84 Å². The smallest absolute Gasteiger partial charge is 0.213 e. The molecule has 108 valence electrons. The van der Waals surface area contributed by atoms with Crippen LogP contribution in [0.15, 0.2) is 48.5 Å². The molecule has 2 aromatic rings. The van der Waals surface area contributed by atoms with Gasteiger partial charge in [0.2, 0.25) is 5.88 Å². The Morgan fingerprint density at radius 2 is 1.95 bits per heavy atom. The van der Waals surface area contributed by atoms with Crippen molar-refractivity contribution in [2.24, 2.45) is 0 Å². The SMILES string of the molecule is COc1cccc([C@H](CCO)[C@@H](C#N)c2ccccc2)n1. The van der Waals surface area contributed by atoms with E-state index in [4.69, 9.17) is 4.74 Å². The lowest BCUT2D eigenvalue weighted by atomic mass is 9.82. The second-order valence-electron chi connectivity index (χ2n) is 4.74. The van der Waals surface area contributed by atoms with Crippen LogP contribution in [0.3, 0.4) is 0 Å². The van der Waals surface area contributed by atoms with E-state index in [0.717, 1.165) is 11.3 Å². The molecule has 2 atom stereocenters. The third kappa shape index (κ3) is 3.59. The fourth-order valence-corrected chi connectivity index (χ4v) is 2.43. The first-order valence-electron chi connectivity index (χ1n) is 6.86. The minimum Gasteiger partial charge on any atom is -0.481 e. The summed E-state index contributed by atoms with van der Waals surface area (Å²) in [7, 11) is 1.56. The van der Waals surface area contributed by atoms with E-state index in [1.54, 1.807) is 13.2 Å². The molecule has 0 spiro atoms. The highest BCUT2D eigenvalue weighted by Gasteiger charge is 2.25. The van der Waals surface area contributed by atoms with Gasteiger partial charge in [0.1, 0.15) is 0 Å². The number of rotatable bonds is 6. The van der Waals surface area contributed by atoms with E-state index in [0.29, 0.717) is 12.3 Å². The lowest BCUT2D eigenvalue weighted by Crippen LogP contribution is -2.13. The second kappa shape index (κ2) is 7.41. The summed E-state index contributed by atoms with van der Waals surface area (Å²) in [5.74, 6) is -0.00403. The van der Waals surface area contributed by atoms with Gasteiger partial charge in [0.05, 0.1) is 19.1 Å². The Bertz CT molecular complexity index is 608. The molecule has 0 unspecified atom stereocenters. The molecule has 0 radical (unpaired) electrons. The maximum atomic E-state index is 9.57. The van der Waals surface area contributed by atoms with E-state index in [9.17, 15) is 10.4 Å². The fourth-order valence-electron chi connectivity index (χ4n) is 2.43. The zero-order valence-electron chi connectivity index (χ0n) is 11.9. The lowest BCUT2D eigenvalue weighted by molar-refractivity contribution is 0.270. The van der Waals surface area contributed by atoms with Crippen LogP contribution in [0.25, 0.3) is 0 Å². The minimum atomic E-state index is -0.349. The largest absolute Gasteiger partial charge is 0.481 e. The van der Waals surface area contributed by atoms with E-state index in [2.05, 4.69) is 11.1 Å². The van der Waals surface area contributed by atoms with Crippen LogP contribution in [0.4, 0.5) is 0 Å². The highest BCUT2D eigenvalue weighted by atomic mass is 16.5. The summed E-state index contributed by atoms with van der Waals surface area (Å²) in [5, 5.41) is 18.9. The number of methoxy groups -OCH3 is 1. The molecule has 1 aromatic heterocycles. The van der Waals surface area contributed by atoms with E-state index in [1.165, 1.54) is 0 Å². The van der Waals surface area contributed by atoms with Crippen molar-refractivity contribution in [2.45, 2.75) is 18.3 Å². The minimum absolute atomic E-state index is 0.00850. The maximum absolute atomic E-state index is 9.57. The molecule has 0 bridgehead atoms. The Balaban J connectivity index is 2.39. The molecule has 0 saturated heterocycles. The summed E-state index contributed by atoms with van der Waals surface area (Å²) < 4.78 is 5.15. The van der Waals surface area contributed by atoms with Gasteiger partial charge in [-0.05, 0) is 18.1 Å². The predicted octanol–water partition coefficient (Wildman–Crippen LogP) is 2.86. The monoisotopic (exact) mass is 282 g/mol. The number of hydrogen-bond donors (Lipinski definition) is 1. The van der Waals surface area contributed by atoms with Crippen LogP contribution < -0.4 is 4.74 Å². The maximum Gasteiger partial charge on any atom is 0.213 e. The second-order valence-corrected chi connectivity index (χ2v) is 4.74. The molecular weight excluding hydrogens is 264 g/mol. The van der Waals surface area contributed by atoms with Crippen molar-refractivity contribution in [2.75, 3.05) is 13.7 Å². The molecule has 2 rings (SSSR count). The molecule has 0 amide bonds. The van der Waals surface area contributed by atoms with Crippen LogP contribution in [0, 0.1) is 11.3 Å². The molecule has 4 heteroatoms. The topological polar surface area (TPSA) is 66.1 Å². The van der Waals surface area contributed by atoms with E-state index in [-0.39, 0.29) is 18.4 Å². The highest BCUT2D eigenvalue weighted by Crippen LogP contribution is 2.34. The molecule has 1 heterocycles. The summed E-state index contributed by atoms with van der Waals surface area (Å²) in [5.41, 5.74) is 1.70. The van der Waals surface area contributed by atoms with Crippen molar-refractivity contribution in [1.29, 1.82) is 5.26 Å². The van der Waals surface area contributed by atoms with Gasteiger partial charge in [0, 0.05) is 24.3 Å². The van der Waals surface area contributed by atoms with Gasteiger partial charge >= 0.3 is 0 Å². The normalized spacial score (nSPS) is 13.2. The van der Waals surface area contributed by atoms with Crippen LogP contribution in [0.2, 0.25) is 0 Å². The number of aliphatic hydroxyl groups excluding tert-OH is 1. The lowest BCUT2D eigenvalue weighted by Gasteiger charge is -2.21. The Labute approximate surface area is 124 Å². The Morgan fingerprint density at radius 1 is 1.19 bits per heavy atom. The van der Waals surface area contributed by atoms with Gasteiger partial charge in [-0.1, -0.05) is 36.4 Å². The van der Waals surface area contributed by atoms with Crippen molar-refractivity contribution in [3.8, 4) is 11.9 Å². The molecular formula is C17H18N2O2. The van der Waals surface area contributed by atoms with E-state index >= 15 is 0 Å². The highest BCUT2D eigenvalue weighted by molar-refractivity contribution is 5.31. The first kappa shape index (κ1) is 15.0. The number of benzene rings is 1. The number of aromatic nitrogens is 1. The molecule has 21 heavy (non-hydrogen) atoms. The van der Waals surface area contributed by atoms with Gasteiger partial charge in [-0.3, -0.25) is 0 Å². The van der Waals surface area contributed by atoms with Crippen LogP contribution in [-0.2, 0) is 0 Å². The zero-order valence-corrected chi connectivity index (χ0v) is 11.9. The number of hydrogen-bond acceptors (Lipinski definition) is 4. The van der Waals surface area contributed by atoms with Crippen LogP contribution in [-0.4, -0.2) is 23.8 Å². The van der Waals surface area contributed by atoms with Gasteiger partial charge in [0.15, 0.2) is 0 Å². The van der Waals surface area contributed by atoms with Crippen molar-refractivity contribution in [3.05, 3.63) is 59.8 Å². The first-order valence-corrected chi connectivity index (χ1v) is 6.86. The number of aliphatic hydroxyl groups is 1. The summed E-state index contributed by atoms with van der Waals surface area (Å²) in [4.78, 5) is 4.42. The number of nitrogens with zero attached hydrogens (tertiary/aromatic N) is 2. The van der Waals surface area contributed by atoms with E-state index < -0.39 is 0 Å². The average molecular weight is 282 g/mol. The van der Waals surface area contributed by atoms with Gasteiger partial charge in [-0.15, -0.1) is 0 Å². The summed E-state index contributed by atoms with van der Waals surface area (Å²) in [6, 6.07) is 17.4. The van der Waals surface area contributed by atoms with Gasteiger partial charge in [-0.2, -0.15) is 5.26 Å². The van der Waals surface area contributed by atoms with Crippen molar-refractivity contribution in [3.63, 3.8) is 0 Å². The van der Waals surface area contributed by atoms with Crippen molar-refractivity contribution in [1.82, 2.24) is 4.98 Å². The molecule has 0 aliphatic rings. The van der Waals surface area contributed by atoms with Crippen LogP contribution >= 0.6 is 0 Å². The summed E-state index contributed by atoms with van der Waals surface area (Å²) in [6.07, 6.45) is 0.479. The molecule has 0 fully saturated rings. The molecule has 4 nitrogen and oxygen atoms in total. The fraction of sp³-hybridized carbons (Fsp3) is 0.294. The number of pyridine rings is 1. The Hall–Kier alpha value is -2.38. The predicted molar refractivity (Wildman–Crippen MR) is 80.0 cm³/mol. The third-order valence-electron chi connectivity index (χ3n) is 3.47. The number of nitriles is 1. The van der Waals surface area contributed by atoms with Crippen LogP contribution in [0.5, 0.6) is 5.88 Å². The molecule has 0 aliphatic carbocycles. The molecule has 0 saturated carbocycles. The zero-order chi connectivity index (χ0) is 15.1. The third-order valence-corrected chi connectivity index (χ3v) is 3.47. The standard InChI is InChI=1S/C17H18N2O2/c1-21-17-9-5-8-16(19-17)14(10-11-20)15(12-18)13-6-3-2-4-7-13/h2-9,14-15,20H,10-11H2,1H3/t14-,15+/m1/s1. The molecule has 1 N–H and O–H groups in total. The first-order chi connectivity index (χ1) is 10.3. The van der Waals surface area contributed by atoms with Gasteiger partial charge in [-0.25, -0.2) is 4.98 Å². The van der Waals surface area contributed by atoms with Gasteiger partial charge < -0.3 is 9.84 Å². The Morgan fingerprint density at radius 3 is 2.57 bits per heavy atom. The molecule has 1 aromatic carbocycles. The van der Waals surface area contributed by atoms with E-state index in [1.807, 2.05) is 42.5 Å². The quantitative estimate of drug-likeness (QED) is 0.884. The van der Waals surface area contributed by atoms with Gasteiger partial charge in [0.25, 0.3) is 0 Å². The number of ether oxygens (including phenoxy) is 1. The summed E-state index contributed by atoms with van der Waals surface area (Å²) >= 11 is 0. The van der Waals surface area contributed by atoms with Crippen molar-refractivity contribution >= 4 is 0 Å². The van der Waals surface area contributed by atoms with Crippen LogP contribution in [0.1, 0.15) is 29.5 Å². The molecule has 0 aliphatic heterocycles. The summed E-state index contributed by atoms with van der Waals surface area (Å²) in [6.45, 7) is 0.00850. The average Bonchev–Trinajstić information content (AvgIpc) is 2.56. The Kier molecular flexibility index (Phi) is 5.30.